The van der Waals surface area contributed by atoms with Gasteiger partial charge in [0.15, 0.2) is 0 Å². The van der Waals surface area contributed by atoms with E-state index in [2.05, 4.69) is 4.98 Å². The molecule has 0 radical (unpaired) electrons. The molecule has 3 nitrogen and oxygen atoms in total. The first-order valence-corrected chi connectivity index (χ1v) is 4.66. The van der Waals surface area contributed by atoms with Crippen LogP contribution >= 0.6 is 0 Å². The minimum absolute atomic E-state index is 0.550. The predicted molar refractivity (Wildman–Crippen MR) is 58.9 cm³/mol. The highest BCUT2D eigenvalue weighted by Crippen LogP contribution is 2.06. The first-order valence-electron chi connectivity index (χ1n) is 4.66. The Kier molecular flexibility index (Phi) is 3.00. The lowest BCUT2D eigenvalue weighted by Gasteiger charge is -2.08. The monoisotopic (exact) mass is 199 g/mol. The molecule has 15 heavy (non-hydrogen) atoms. The lowest BCUT2D eigenvalue weighted by molar-refractivity contribution is 0.431. The maximum Gasteiger partial charge on any atom is 0.560 e. The molecule has 0 unspecified atom stereocenters. The molecule has 0 aliphatic rings. The highest BCUT2D eigenvalue weighted by Gasteiger charge is 2.17. The number of benzene rings is 1. The Bertz CT molecular complexity index is 407. The van der Waals surface area contributed by atoms with E-state index in [4.69, 9.17) is 4.65 Å². The summed E-state index contributed by atoms with van der Waals surface area (Å²) in [4.78, 5) is 3.90. The van der Waals surface area contributed by atoms with Gasteiger partial charge in [0.05, 0.1) is 6.20 Å². The van der Waals surface area contributed by atoms with Gasteiger partial charge in [0.2, 0.25) is 0 Å². The Morgan fingerprint density at radius 2 is 1.87 bits per heavy atom. The molecule has 0 atom stereocenters. The molecule has 2 aromatic rings. The van der Waals surface area contributed by atoms with Crippen LogP contribution in [0.4, 0.5) is 0 Å². The van der Waals surface area contributed by atoms with Crippen molar-refractivity contribution in [2.45, 2.75) is 0 Å². The third-order valence-electron chi connectivity index (χ3n) is 1.97. The molecule has 74 valence electrons. The molecular formula is C11H10BNO2. The van der Waals surface area contributed by atoms with E-state index >= 15 is 0 Å². The average Bonchev–Trinajstić information content (AvgIpc) is 2.31. The van der Waals surface area contributed by atoms with Crippen molar-refractivity contribution in [1.82, 2.24) is 4.98 Å². The van der Waals surface area contributed by atoms with E-state index < -0.39 is 7.12 Å². The van der Waals surface area contributed by atoms with Crippen molar-refractivity contribution in [3.63, 3.8) is 0 Å². The summed E-state index contributed by atoms with van der Waals surface area (Å²) in [6, 6.07) is 12.7. The van der Waals surface area contributed by atoms with Gasteiger partial charge in [0, 0.05) is 6.20 Å². The lowest BCUT2D eigenvalue weighted by Crippen LogP contribution is -2.36. The van der Waals surface area contributed by atoms with E-state index in [-0.39, 0.29) is 0 Å². The molecule has 1 aromatic carbocycles. The van der Waals surface area contributed by atoms with Crippen LogP contribution < -0.4 is 10.1 Å². The second-order valence-electron chi connectivity index (χ2n) is 3.07. The smallest absolute Gasteiger partial charge is 0.531 e. The van der Waals surface area contributed by atoms with Crippen molar-refractivity contribution in [1.29, 1.82) is 0 Å². The number of hydrogen-bond acceptors (Lipinski definition) is 3. The van der Waals surface area contributed by atoms with Gasteiger partial charge in [-0.1, -0.05) is 30.3 Å². The number of rotatable bonds is 3. The molecule has 0 fully saturated rings. The highest BCUT2D eigenvalue weighted by atomic mass is 16.5. The largest absolute Gasteiger partial charge is 0.560 e. The van der Waals surface area contributed by atoms with Crippen molar-refractivity contribution >= 4 is 12.6 Å². The van der Waals surface area contributed by atoms with Crippen LogP contribution in [0.1, 0.15) is 0 Å². The second kappa shape index (κ2) is 4.62. The Labute approximate surface area is 88.5 Å². The van der Waals surface area contributed by atoms with Crippen LogP contribution in [0.5, 0.6) is 5.75 Å². The lowest BCUT2D eigenvalue weighted by atomic mass is 9.79. The summed E-state index contributed by atoms with van der Waals surface area (Å²) >= 11 is 0. The zero-order chi connectivity index (χ0) is 10.5. The summed E-state index contributed by atoms with van der Waals surface area (Å²) in [5.74, 6) is 0.550. The van der Waals surface area contributed by atoms with Crippen LogP contribution in [0.2, 0.25) is 0 Å². The normalized spacial score (nSPS) is 9.67. The SMILES string of the molecule is OB(Oc1cccnc1)c1ccccc1. The minimum Gasteiger partial charge on any atom is -0.531 e. The van der Waals surface area contributed by atoms with E-state index in [1.54, 1.807) is 36.7 Å². The Morgan fingerprint density at radius 1 is 1.07 bits per heavy atom. The van der Waals surface area contributed by atoms with Crippen molar-refractivity contribution in [2.24, 2.45) is 0 Å². The fraction of sp³-hybridized carbons (Fsp3) is 0. The summed E-state index contributed by atoms with van der Waals surface area (Å²) in [6.07, 6.45) is 3.22. The number of hydrogen-bond donors (Lipinski definition) is 1. The molecule has 0 aliphatic carbocycles. The molecule has 0 saturated heterocycles. The number of nitrogens with zero attached hydrogens (tertiary/aromatic N) is 1. The summed E-state index contributed by atoms with van der Waals surface area (Å²) < 4.78 is 5.29. The third-order valence-corrected chi connectivity index (χ3v) is 1.97. The van der Waals surface area contributed by atoms with Crippen molar-refractivity contribution in [2.75, 3.05) is 0 Å². The number of pyridine rings is 1. The molecule has 1 heterocycles. The molecule has 2 rings (SSSR count). The van der Waals surface area contributed by atoms with Gasteiger partial charge in [-0.2, -0.15) is 0 Å². The molecule has 0 aliphatic heterocycles. The fourth-order valence-corrected chi connectivity index (χ4v) is 1.23. The van der Waals surface area contributed by atoms with Crippen LogP contribution in [0, 0.1) is 0 Å². The molecule has 0 spiro atoms. The van der Waals surface area contributed by atoms with E-state index in [0.29, 0.717) is 5.75 Å². The summed E-state index contributed by atoms with van der Waals surface area (Å²) in [5, 5.41) is 9.72. The molecule has 1 N–H and O–H groups in total. The van der Waals surface area contributed by atoms with Gasteiger partial charge in [-0.25, -0.2) is 0 Å². The van der Waals surface area contributed by atoms with Crippen LogP contribution in [-0.2, 0) is 0 Å². The van der Waals surface area contributed by atoms with Gasteiger partial charge >= 0.3 is 7.12 Å². The maximum absolute atomic E-state index is 9.72. The van der Waals surface area contributed by atoms with Gasteiger partial charge < -0.3 is 9.68 Å². The Morgan fingerprint density at radius 3 is 2.53 bits per heavy atom. The summed E-state index contributed by atoms with van der Waals surface area (Å²) in [6.45, 7) is 0. The topological polar surface area (TPSA) is 42.4 Å². The molecule has 0 saturated carbocycles. The molecule has 0 bridgehead atoms. The first-order chi connectivity index (χ1) is 7.36. The molecule has 0 amide bonds. The van der Waals surface area contributed by atoms with Crippen LogP contribution in [-0.4, -0.2) is 17.1 Å². The van der Waals surface area contributed by atoms with Crippen LogP contribution in [0.25, 0.3) is 0 Å². The first kappa shape index (κ1) is 9.74. The van der Waals surface area contributed by atoms with Crippen molar-refractivity contribution < 1.29 is 9.68 Å². The highest BCUT2D eigenvalue weighted by molar-refractivity contribution is 6.60. The van der Waals surface area contributed by atoms with Crippen LogP contribution in [0.3, 0.4) is 0 Å². The number of aromatic nitrogens is 1. The molecular weight excluding hydrogens is 189 g/mol. The molecule has 4 heteroatoms. The van der Waals surface area contributed by atoms with Gasteiger partial charge in [-0.3, -0.25) is 4.98 Å². The van der Waals surface area contributed by atoms with Crippen LogP contribution in [0.15, 0.2) is 54.9 Å². The Hall–Kier alpha value is -1.81. The van der Waals surface area contributed by atoms with Gasteiger partial charge in [-0.05, 0) is 17.6 Å². The van der Waals surface area contributed by atoms with Crippen molar-refractivity contribution in [3.8, 4) is 5.75 Å². The minimum atomic E-state index is -0.949. The van der Waals surface area contributed by atoms with E-state index in [1.165, 1.54) is 0 Å². The van der Waals surface area contributed by atoms with Gasteiger partial charge in [0.25, 0.3) is 0 Å². The van der Waals surface area contributed by atoms with E-state index in [0.717, 1.165) is 5.46 Å². The second-order valence-corrected chi connectivity index (χ2v) is 3.07. The third kappa shape index (κ3) is 2.57. The van der Waals surface area contributed by atoms with Gasteiger partial charge in [0.1, 0.15) is 5.75 Å². The van der Waals surface area contributed by atoms with Crippen molar-refractivity contribution in [3.05, 3.63) is 54.9 Å². The Balaban J connectivity index is 2.08. The maximum atomic E-state index is 9.72. The van der Waals surface area contributed by atoms with E-state index in [1.807, 2.05) is 18.2 Å². The quantitative estimate of drug-likeness (QED) is 0.745. The summed E-state index contributed by atoms with van der Waals surface area (Å²) in [7, 11) is -0.949. The molecule has 1 aromatic heterocycles. The van der Waals surface area contributed by atoms with Gasteiger partial charge in [-0.15, -0.1) is 0 Å². The zero-order valence-corrected chi connectivity index (χ0v) is 8.08. The predicted octanol–water partition coefficient (Wildman–Crippen LogP) is 0.848. The zero-order valence-electron chi connectivity index (χ0n) is 8.08. The standard InChI is InChI=1S/C11H10BNO2/c14-12(10-5-2-1-3-6-10)15-11-7-4-8-13-9-11/h1-9,14H. The van der Waals surface area contributed by atoms with E-state index in [9.17, 15) is 5.02 Å². The fourth-order valence-electron chi connectivity index (χ4n) is 1.23. The summed E-state index contributed by atoms with van der Waals surface area (Å²) in [5.41, 5.74) is 0.723. The average molecular weight is 199 g/mol.